The van der Waals surface area contributed by atoms with Crippen LogP contribution >= 0.6 is 0 Å². The average molecular weight is 390 g/mol. The molecule has 7 heteroatoms. The second-order valence-corrected chi connectivity index (χ2v) is 6.93. The van der Waals surface area contributed by atoms with Gasteiger partial charge in [0.1, 0.15) is 11.9 Å². The maximum absolute atomic E-state index is 13.8. The van der Waals surface area contributed by atoms with E-state index in [-0.39, 0.29) is 11.8 Å². The van der Waals surface area contributed by atoms with Gasteiger partial charge in [0.25, 0.3) is 0 Å². The predicted molar refractivity (Wildman–Crippen MR) is 103 cm³/mol. The molecule has 0 spiro atoms. The van der Waals surface area contributed by atoms with Crippen molar-refractivity contribution in [1.29, 1.82) is 0 Å². The minimum atomic E-state index is -0.862. The van der Waals surface area contributed by atoms with E-state index in [1.807, 2.05) is 32.0 Å². The number of nitrogens with one attached hydrogen (secondary N) is 1. The molecule has 0 aliphatic carbocycles. The van der Waals surface area contributed by atoms with Crippen LogP contribution in [0.2, 0.25) is 0 Å². The van der Waals surface area contributed by atoms with Crippen molar-refractivity contribution in [3.05, 3.63) is 53.1 Å². The Bertz CT molecular complexity index is 821. The number of amides is 2. The van der Waals surface area contributed by atoms with E-state index < -0.39 is 23.4 Å². The lowest BCUT2D eigenvalue weighted by Gasteiger charge is -2.32. The molecule has 0 bridgehead atoms. The monoisotopic (exact) mass is 390 g/mol. The highest BCUT2D eigenvalue weighted by Crippen LogP contribution is 2.28. The van der Waals surface area contributed by atoms with E-state index in [9.17, 15) is 13.6 Å². The lowest BCUT2D eigenvalue weighted by molar-refractivity contribution is 0.114. The molecule has 28 heavy (non-hydrogen) atoms. The van der Waals surface area contributed by atoms with Gasteiger partial charge in [-0.25, -0.2) is 13.6 Å². The molecule has 2 aromatic carbocycles. The third-order valence-corrected chi connectivity index (χ3v) is 4.88. The molecule has 2 aromatic rings. The molecule has 1 aliphatic rings. The number of carbonyl (C=O) groups is 1. The Morgan fingerprint density at radius 2 is 1.64 bits per heavy atom. The second kappa shape index (κ2) is 8.46. The van der Waals surface area contributed by atoms with Crippen molar-refractivity contribution < 1.29 is 23.0 Å². The van der Waals surface area contributed by atoms with Crippen LogP contribution in [0.4, 0.5) is 19.3 Å². The summed E-state index contributed by atoms with van der Waals surface area (Å²) in [4.78, 5) is 14.0. The summed E-state index contributed by atoms with van der Waals surface area (Å²) >= 11 is 0. The molecule has 2 amide bonds. The van der Waals surface area contributed by atoms with Crippen LogP contribution in [-0.2, 0) is 0 Å². The van der Waals surface area contributed by atoms with Gasteiger partial charge in [0.15, 0.2) is 17.4 Å². The molecular formula is C21H24F2N2O3. The lowest BCUT2D eigenvalue weighted by Crippen LogP contribution is -2.43. The fourth-order valence-corrected chi connectivity index (χ4v) is 3.36. The quantitative estimate of drug-likeness (QED) is 0.826. The highest BCUT2D eigenvalue weighted by molar-refractivity contribution is 5.89. The topological polar surface area (TPSA) is 50.8 Å². The van der Waals surface area contributed by atoms with Crippen LogP contribution in [0.5, 0.6) is 11.5 Å². The number of urea groups is 1. The third kappa shape index (κ3) is 4.35. The third-order valence-electron chi connectivity index (χ3n) is 4.88. The molecular weight excluding hydrogens is 366 g/mol. The zero-order chi connectivity index (χ0) is 20.3. The van der Waals surface area contributed by atoms with Gasteiger partial charge < -0.3 is 19.7 Å². The van der Waals surface area contributed by atoms with Crippen molar-refractivity contribution in [3.8, 4) is 11.5 Å². The number of aryl methyl sites for hydroxylation is 2. The van der Waals surface area contributed by atoms with E-state index in [0.717, 1.165) is 29.0 Å². The second-order valence-electron chi connectivity index (χ2n) is 6.93. The Morgan fingerprint density at radius 1 is 1.07 bits per heavy atom. The van der Waals surface area contributed by atoms with Gasteiger partial charge >= 0.3 is 6.03 Å². The van der Waals surface area contributed by atoms with Crippen LogP contribution < -0.4 is 14.8 Å². The van der Waals surface area contributed by atoms with Gasteiger partial charge in [0.2, 0.25) is 0 Å². The molecule has 0 radical (unpaired) electrons. The lowest BCUT2D eigenvalue weighted by atomic mass is 10.1. The van der Waals surface area contributed by atoms with Gasteiger partial charge in [0, 0.05) is 43.8 Å². The number of para-hydroxylation sites is 1. The van der Waals surface area contributed by atoms with Gasteiger partial charge in [0.05, 0.1) is 7.11 Å². The van der Waals surface area contributed by atoms with Crippen LogP contribution in [0.15, 0.2) is 30.3 Å². The SMILES string of the molecule is COc1c(F)cc(NC(=O)N2CCC(Oc3c(C)cccc3C)CC2)cc1F. The van der Waals surface area contributed by atoms with Crippen molar-refractivity contribution in [2.24, 2.45) is 0 Å². The molecule has 0 unspecified atom stereocenters. The molecule has 0 saturated carbocycles. The van der Waals surface area contributed by atoms with E-state index >= 15 is 0 Å². The molecule has 1 fully saturated rings. The first-order chi connectivity index (χ1) is 13.4. The number of likely N-dealkylation sites (tertiary alicyclic amines) is 1. The maximum Gasteiger partial charge on any atom is 0.321 e. The van der Waals surface area contributed by atoms with E-state index in [2.05, 4.69) is 10.1 Å². The largest absolute Gasteiger partial charge is 0.491 e. The zero-order valence-electron chi connectivity index (χ0n) is 16.2. The molecule has 3 rings (SSSR count). The van der Waals surface area contributed by atoms with E-state index in [1.165, 1.54) is 7.11 Å². The molecule has 1 saturated heterocycles. The first-order valence-corrected chi connectivity index (χ1v) is 9.21. The minimum absolute atomic E-state index is 0.0275. The number of methoxy groups -OCH3 is 1. The van der Waals surface area contributed by atoms with Crippen molar-refractivity contribution in [1.82, 2.24) is 4.90 Å². The Kier molecular flexibility index (Phi) is 6.02. The van der Waals surface area contributed by atoms with Crippen molar-refractivity contribution >= 4 is 11.7 Å². The summed E-state index contributed by atoms with van der Waals surface area (Å²) in [7, 11) is 1.18. The summed E-state index contributed by atoms with van der Waals surface area (Å²) in [6.07, 6.45) is 1.40. The smallest absolute Gasteiger partial charge is 0.321 e. The Labute approximate surface area is 163 Å². The zero-order valence-corrected chi connectivity index (χ0v) is 16.2. The van der Waals surface area contributed by atoms with Gasteiger partial charge in [-0.05, 0) is 25.0 Å². The van der Waals surface area contributed by atoms with Crippen LogP contribution in [0, 0.1) is 25.5 Å². The van der Waals surface area contributed by atoms with Gasteiger partial charge in [-0.3, -0.25) is 0 Å². The number of hydrogen-bond acceptors (Lipinski definition) is 3. The fourth-order valence-electron chi connectivity index (χ4n) is 3.36. The van der Waals surface area contributed by atoms with Gasteiger partial charge in [-0.2, -0.15) is 0 Å². The predicted octanol–water partition coefficient (Wildman–Crippen LogP) is 4.67. The number of rotatable bonds is 4. The normalized spacial score (nSPS) is 14.7. The van der Waals surface area contributed by atoms with E-state index in [4.69, 9.17) is 4.74 Å². The number of piperidine rings is 1. The summed E-state index contributed by atoms with van der Waals surface area (Å²) < 4.78 is 38.4. The van der Waals surface area contributed by atoms with E-state index in [1.54, 1.807) is 4.90 Å². The number of anilines is 1. The van der Waals surface area contributed by atoms with Crippen molar-refractivity contribution in [2.45, 2.75) is 32.8 Å². The first kappa shape index (κ1) is 19.9. The number of nitrogens with zero attached hydrogens (tertiary/aromatic N) is 1. The summed E-state index contributed by atoms with van der Waals surface area (Å²) in [5.74, 6) is -1.30. The Hall–Kier alpha value is -2.83. The van der Waals surface area contributed by atoms with Crippen LogP contribution in [0.3, 0.4) is 0 Å². The summed E-state index contributed by atoms with van der Waals surface area (Å²) in [5, 5.41) is 2.54. The molecule has 5 nitrogen and oxygen atoms in total. The molecule has 0 aromatic heterocycles. The van der Waals surface area contributed by atoms with Gasteiger partial charge in [-0.15, -0.1) is 0 Å². The van der Waals surface area contributed by atoms with Crippen LogP contribution in [-0.4, -0.2) is 37.2 Å². The minimum Gasteiger partial charge on any atom is -0.491 e. The Morgan fingerprint density at radius 3 is 2.18 bits per heavy atom. The van der Waals surface area contributed by atoms with Gasteiger partial charge in [-0.1, -0.05) is 18.2 Å². The summed E-state index contributed by atoms with van der Waals surface area (Å²) in [5.41, 5.74) is 2.22. The summed E-state index contributed by atoms with van der Waals surface area (Å²) in [6.45, 7) is 5.03. The molecule has 1 N–H and O–H groups in total. The molecule has 0 atom stereocenters. The number of hydrogen-bond donors (Lipinski definition) is 1. The van der Waals surface area contributed by atoms with Crippen molar-refractivity contribution in [3.63, 3.8) is 0 Å². The summed E-state index contributed by atoms with van der Waals surface area (Å²) in [6, 6.07) is 7.70. The molecule has 150 valence electrons. The Balaban J connectivity index is 1.57. The van der Waals surface area contributed by atoms with Crippen molar-refractivity contribution in [2.75, 3.05) is 25.5 Å². The highest BCUT2D eigenvalue weighted by Gasteiger charge is 2.25. The number of ether oxygens (including phenoxy) is 2. The number of carbonyl (C=O) groups excluding carboxylic acids is 1. The van der Waals surface area contributed by atoms with Crippen LogP contribution in [0.25, 0.3) is 0 Å². The maximum atomic E-state index is 13.8. The average Bonchev–Trinajstić information content (AvgIpc) is 2.65. The molecule has 1 heterocycles. The highest BCUT2D eigenvalue weighted by atomic mass is 19.1. The standard InChI is InChI=1S/C21H24F2N2O3/c1-13-5-4-6-14(2)19(13)28-16-7-9-25(10-8-16)21(26)24-15-11-17(22)20(27-3)18(23)12-15/h4-6,11-12,16H,7-10H2,1-3H3,(H,24,26). The fraction of sp³-hybridized carbons (Fsp3) is 0.381. The molecule has 1 aliphatic heterocycles. The van der Waals surface area contributed by atoms with E-state index in [0.29, 0.717) is 25.9 Å². The van der Waals surface area contributed by atoms with Crippen LogP contribution in [0.1, 0.15) is 24.0 Å². The number of benzene rings is 2. The number of halogens is 2. The first-order valence-electron chi connectivity index (χ1n) is 9.21.